The molecule has 0 aliphatic carbocycles. The lowest BCUT2D eigenvalue weighted by Gasteiger charge is -2.09. The van der Waals surface area contributed by atoms with E-state index >= 15 is 0 Å². The van der Waals surface area contributed by atoms with E-state index in [2.05, 4.69) is 25.4 Å². The van der Waals surface area contributed by atoms with E-state index in [0.717, 1.165) is 22.6 Å². The molecule has 0 radical (unpaired) electrons. The molecule has 2 heterocycles. The van der Waals surface area contributed by atoms with Crippen molar-refractivity contribution >= 4 is 52.2 Å². The van der Waals surface area contributed by atoms with Crippen molar-refractivity contribution in [3.05, 3.63) is 82.6 Å². The van der Waals surface area contributed by atoms with Crippen LogP contribution >= 0.6 is 23.4 Å². The lowest BCUT2D eigenvalue weighted by atomic mass is 10.2. The molecular weight excluding hydrogens is 458 g/mol. The fourth-order valence-electron chi connectivity index (χ4n) is 3.54. The number of halogens is 1. The highest BCUT2D eigenvalue weighted by Crippen LogP contribution is 2.24. The summed E-state index contributed by atoms with van der Waals surface area (Å²) in [6.45, 7) is 4.02. The largest absolute Gasteiger partial charge is 0.326 e. The topological polar surface area (TPSA) is 87.8 Å². The summed E-state index contributed by atoms with van der Waals surface area (Å²) in [5.74, 6) is -0.480. The third-order valence-electron chi connectivity index (χ3n) is 5.11. The van der Waals surface area contributed by atoms with E-state index in [1.807, 2.05) is 62.4 Å². The van der Waals surface area contributed by atoms with Gasteiger partial charge in [-0.25, -0.2) is 0 Å². The van der Waals surface area contributed by atoms with Gasteiger partial charge in [0.25, 0.3) is 0 Å². The van der Waals surface area contributed by atoms with Crippen molar-refractivity contribution in [3.63, 3.8) is 0 Å². The van der Waals surface area contributed by atoms with Gasteiger partial charge < -0.3 is 15.2 Å². The zero-order valence-electron chi connectivity index (χ0n) is 18.1. The number of aromatic nitrogens is 1. The Morgan fingerprint density at radius 2 is 1.91 bits per heavy atom. The highest BCUT2D eigenvalue weighted by molar-refractivity contribution is 8.15. The Morgan fingerprint density at radius 1 is 1.18 bits per heavy atom. The van der Waals surface area contributed by atoms with Crippen molar-refractivity contribution in [2.45, 2.75) is 25.5 Å². The second-order valence-electron chi connectivity index (χ2n) is 7.50. The van der Waals surface area contributed by atoms with Crippen LogP contribution < -0.4 is 10.6 Å². The Morgan fingerprint density at radius 3 is 2.64 bits per heavy atom. The van der Waals surface area contributed by atoms with E-state index in [1.54, 1.807) is 18.3 Å². The lowest BCUT2D eigenvalue weighted by Crippen LogP contribution is -2.28. The number of aryl methyl sites for hydroxylation is 1. The van der Waals surface area contributed by atoms with Gasteiger partial charge in [0.2, 0.25) is 11.8 Å². The first-order valence-corrected chi connectivity index (χ1v) is 11.5. The molecule has 3 aromatic rings. The predicted molar refractivity (Wildman–Crippen MR) is 134 cm³/mol. The van der Waals surface area contributed by atoms with Crippen LogP contribution in [0.15, 0.2) is 70.9 Å². The quantitative estimate of drug-likeness (QED) is 0.397. The molecule has 1 atom stereocenters. The number of carbonyl (C=O) groups excluding carboxylic acids is 2. The Hall–Kier alpha value is -3.36. The first-order chi connectivity index (χ1) is 15.9. The summed E-state index contributed by atoms with van der Waals surface area (Å²) in [4.78, 5) is 24.5. The van der Waals surface area contributed by atoms with Crippen LogP contribution in [0.2, 0.25) is 5.02 Å². The van der Waals surface area contributed by atoms with Gasteiger partial charge in [0, 0.05) is 39.8 Å². The van der Waals surface area contributed by atoms with Gasteiger partial charge >= 0.3 is 0 Å². The number of nitrogens with zero attached hydrogens (tertiary/aromatic N) is 3. The molecule has 0 spiro atoms. The standard InChI is InChI=1S/C24H22ClN5O2S/c1-15-12-17(16(2)30(15)20-10-8-18(25)9-11-20)14-26-29-24-28-23(32)21(33-24)13-22(31)27-19-6-4-3-5-7-19/h3-12,14,21H,13H2,1-2H3,(H,27,31)(H,28,29,32). The summed E-state index contributed by atoms with van der Waals surface area (Å²) < 4.78 is 2.11. The van der Waals surface area contributed by atoms with Crippen LogP contribution in [0.5, 0.6) is 0 Å². The average molecular weight is 480 g/mol. The first-order valence-electron chi connectivity index (χ1n) is 10.3. The van der Waals surface area contributed by atoms with Crippen LogP contribution in [0.25, 0.3) is 5.69 Å². The second-order valence-corrected chi connectivity index (χ2v) is 9.13. The van der Waals surface area contributed by atoms with Crippen LogP contribution in [0, 0.1) is 13.8 Å². The molecule has 4 rings (SSSR count). The molecular formula is C24H22ClN5O2S. The van der Waals surface area contributed by atoms with Crippen molar-refractivity contribution in [1.82, 2.24) is 9.88 Å². The van der Waals surface area contributed by atoms with Crippen LogP contribution in [-0.2, 0) is 9.59 Å². The smallest absolute Gasteiger partial charge is 0.240 e. The molecule has 1 saturated heterocycles. The molecule has 0 saturated carbocycles. The molecule has 33 heavy (non-hydrogen) atoms. The SMILES string of the molecule is Cc1cc(C=N/N=C2/NC(=O)C(CC(=O)Nc3ccccc3)S2)c(C)n1-c1ccc(Cl)cc1. The molecule has 7 nitrogen and oxygen atoms in total. The second kappa shape index (κ2) is 10.1. The van der Waals surface area contributed by atoms with Crippen molar-refractivity contribution in [1.29, 1.82) is 0 Å². The van der Waals surface area contributed by atoms with E-state index in [4.69, 9.17) is 11.6 Å². The normalized spacial score (nSPS) is 17.0. The lowest BCUT2D eigenvalue weighted by molar-refractivity contribution is -0.122. The number of nitrogens with one attached hydrogen (secondary N) is 2. The molecule has 1 aliphatic heterocycles. The van der Waals surface area contributed by atoms with Gasteiger partial charge in [-0.1, -0.05) is 41.6 Å². The third kappa shape index (κ3) is 5.53. The Balaban J connectivity index is 1.40. The first kappa shape index (κ1) is 22.8. The van der Waals surface area contributed by atoms with Gasteiger partial charge in [-0.15, -0.1) is 5.10 Å². The van der Waals surface area contributed by atoms with Gasteiger partial charge in [0.1, 0.15) is 5.25 Å². The van der Waals surface area contributed by atoms with Crippen molar-refractivity contribution in [2.24, 2.45) is 10.2 Å². The van der Waals surface area contributed by atoms with Gasteiger partial charge in [-0.05, 0) is 56.3 Å². The van der Waals surface area contributed by atoms with Crippen LogP contribution in [0.1, 0.15) is 23.4 Å². The van der Waals surface area contributed by atoms with E-state index < -0.39 is 5.25 Å². The van der Waals surface area contributed by atoms with Crippen LogP contribution in [0.3, 0.4) is 0 Å². The molecule has 2 aromatic carbocycles. The third-order valence-corrected chi connectivity index (χ3v) is 6.43. The van der Waals surface area contributed by atoms with E-state index in [1.165, 1.54) is 11.8 Å². The van der Waals surface area contributed by atoms with Crippen molar-refractivity contribution in [3.8, 4) is 5.69 Å². The minimum atomic E-state index is -0.544. The number of hydrogen-bond donors (Lipinski definition) is 2. The Bertz CT molecular complexity index is 1240. The molecule has 1 aromatic heterocycles. The minimum Gasteiger partial charge on any atom is -0.326 e. The molecule has 2 N–H and O–H groups in total. The van der Waals surface area contributed by atoms with Crippen molar-refractivity contribution in [2.75, 3.05) is 5.32 Å². The summed E-state index contributed by atoms with van der Waals surface area (Å²) in [7, 11) is 0. The number of carbonyl (C=O) groups is 2. The fourth-order valence-corrected chi connectivity index (χ4v) is 4.59. The van der Waals surface area contributed by atoms with E-state index in [9.17, 15) is 9.59 Å². The molecule has 1 unspecified atom stereocenters. The summed E-state index contributed by atoms with van der Waals surface area (Å²) in [5.41, 5.74) is 4.69. The average Bonchev–Trinajstić information content (AvgIpc) is 3.27. The molecule has 1 aliphatic rings. The number of benzene rings is 2. The summed E-state index contributed by atoms with van der Waals surface area (Å²) in [6.07, 6.45) is 1.71. The highest BCUT2D eigenvalue weighted by Gasteiger charge is 2.32. The van der Waals surface area contributed by atoms with Crippen LogP contribution in [-0.4, -0.2) is 33.0 Å². The Labute approximate surface area is 200 Å². The number of para-hydroxylation sites is 1. The zero-order chi connectivity index (χ0) is 23.4. The maximum Gasteiger partial charge on any atom is 0.240 e. The maximum atomic E-state index is 12.2. The summed E-state index contributed by atoms with van der Waals surface area (Å²) in [5, 5.41) is 14.3. The monoisotopic (exact) mass is 479 g/mol. The van der Waals surface area contributed by atoms with Gasteiger partial charge in [-0.3, -0.25) is 9.59 Å². The fraction of sp³-hybridized carbons (Fsp3) is 0.167. The van der Waals surface area contributed by atoms with Gasteiger partial charge in [-0.2, -0.15) is 5.10 Å². The van der Waals surface area contributed by atoms with Gasteiger partial charge in [0.15, 0.2) is 5.17 Å². The van der Waals surface area contributed by atoms with Gasteiger partial charge in [0.05, 0.1) is 6.21 Å². The van der Waals surface area contributed by atoms with Crippen molar-refractivity contribution < 1.29 is 9.59 Å². The molecule has 2 amide bonds. The van der Waals surface area contributed by atoms with E-state index in [-0.39, 0.29) is 18.2 Å². The molecule has 1 fully saturated rings. The maximum absolute atomic E-state index is 12.2. The minimum absolute atomic E-state index is 0.0520. The summed E-state index contributed by atoms with van der Waals surface area (Å²) >= 11 is 7.20. The molecule has 0 bridgehead atoms. The van der Waals surface area contributed by atoms with E-state index in [0.29, 0.717) is 15.9 Å². The molecule has 9 heteroatoms. The number of amides is 2. The van der Waals surface area contributed by atoms with Crippen LogP contribution in [0.4, 0.5) is 5.69 Å². The molecule has 168 valence electrons. The number of rotatable bonds is 6. The zero-order valence-corrected chi connectivity index (χ0v) is 19.7. The number of anilines is 1. The predicted octanol–water partition coefficient (Wildman–Crippen LogP) is 4.70. The Kier molecular flexibility index (Phi) is 6.96. The number of thioether (sulfide) groups is 1. The number of hydrogen-bond acceptors (Lipinski definition) is 5. The summed E-state index contributed by atoms with van der Waals surface area (Å²) in [6, 6.07) is 18.8. The highest BCUT2D eigenvalue weighted by atomic mass is 35.5. The number of amidine groups is 1.